The van der Waals surface area contributed by atoms with Gasteiger partial charge in [0.15, 0.2) is 0 Å². The Morgan fingerprint density at radius 3 is 2.00 bits per heavy atom. The van der Waals surface area contributed by atoms with Crippen molar-refractivity contribution in [3.63, 3.8) is 0 Å². The third-order valence-corrected chi connectivity index (χ3v) is 2.23. The van der Waals surface area contributed by atoms with Crippen molar-refractivity contribution in [2.24, 2.45) is 11.5 Å². The molecule has 1 aromatic carbocycles. The molecule has 6 N–H and O–H groups in total. The first-order valence-corrected chi connectivity index (χ1v) is 5.61. The van der Waals surface area contributed by atoms with Crippen molar-refractivity contribution in [2.45, 2.75) is 19.4 Å². The highest BCUT2D eigenvalue weighted by Gasteiger charge is 2.15. The van der Waals surface area contributed by atoms with Gasteiger partial charge in [-0.25, -0.2) is 0 Å². The van der Waals surface area contributed by atoms with E-state index in [-0.39, 0.29) is 12.3 Å². The van der Waals surface area contributed by atoms with E-state index in [4.69, 9.17) is 11.5 Å². The van der Waals surface area contributed by atoms with Crippen LogP contribution in [-0.4, -0.2) is 23.8 Å². The fourth-order valence-electron chi connectivity index (χ4n) is 1.38. The highest BCUT2D eigenvalue weighted by Crippen LogP contribution is 2.13. The second-order valence-electron chi connectivity index (χ2n) is 4.02. The van der Waals surface area contributed by atoms with Crippen molar-refractivity contribution in [3.8, 4) is 0 Å². The molecule has 0 aromatic heterocycles. The zero-order valence-corrected chi connectivity index (χ0v) is 10.5. The molecule has 1 aromatic rings. The molecule has 0 saturated carbocycles. The lowest BCUT2D eigenvalue weighted by atomic mass is 10.2. The molecule has 0 radical (unpaired) electrons. The molecule has 1 rings (SSSR count). The molecule has 0 aliphatic carbocycles. The van der Waals surface area contributed by atoms with Crippen LogP contribution in [0.15, 0.2) is 24.3 Å². The van der Waals surface area contributed by atoms with E-state index in [1.165, 1.54) is 6.92 Å². The van der Waals surface area contributed by atoms with Gasteiger partial charge in [0.05, 0.1) is 12.5 Å². The highest BCUT2D eigenvalue weighted by molar-refractivity contribution is 5.97. The Labute approximate surface area is 110 Å². The molecule has 19 heavy (non-hydrogen) atoms. The molecule has 0 aliphatic heterocycles. The maximum absolute atomic E-state index is 11.6. The van der Waals surface area contributed by atoms with Gasteiger partial charge in [-0.1, -0.05) is 0 Å². The number of hydrogen-bond acceptors (Lipinski definition) is 4. The van der Waals surface area contributed by atoms with E-state index in [9.17, 15) is 14.4 Å². The number of nitrogens with two attached hydrogens (primary N) is 2. The van der Waals surface area contributed by atoms with Crippen LogP contribution in [0.1, 0.15) is 13.3 Å². The topological polar surface area (TPSA) is 127 Å². The minimum atomic E-state index is -0.979. The lowest BCUT2D eigenvalue weighted by Gasteiger charge is -2.11. The van der Waals surface area contributed by atoms with Crippen LogP contribution in [0, 0.1) is 0 Å². The fraction of sp³-hybridized carbons (Fsp3) is 0.250. The molecule has 0 bridgehead atoms. The number of nitrogens with one attached hydrogen (secondary N) is 2. The Morgan fingerprint density at radius 2 is 1.58 bits per heavy atom. The largest absolute Gasteiger partial charge is 0.370 e. The van der Waals surface area contributed by atoms with Crippen LogP contribution in [-0.2, 0) is 14.4 Å². The first-order valence-electron chi connectivity index (χ1n) is 5.61. The Morgan fingerprint density at radius 1 is 1.11 bits per heavy atom. The fourth-order valence-corrected chi connectivity index (χ4v) is 1.38. The van der Waals surface area contributed by atoms with Gasteiger partial charge in [-0.2, -0.15) is 0 Å². The number of carbonyl (C=O) groups excluding carboxylic acids is 3. The summed E-state index contributed by atoms with van der Waals surface area (Å²) in [5.74, 6) is -1.31. The molecule has 3 amide bonds. The predicted molar refractivity (Wildman–Crippen MR) is 71.2 cm³/mol. The maximum atomic E-state index is 11.6. The third-order valence-electron chi connectivity index (χ3n) is 2.23. The number of benzene rings is 1. The van der Waals surface area contributed by atoms with Gasteiger partial charge in [0.25, 0.3) is 0 Å². The molecule has 7 nitrogen and oxygen atoms in total. The molecule has 0 spiro atoms. The molecular formula is C12H16N4O3. The van der Waals surface area contributed by atoms with Crippen LogP contribution in [0.2, 0.25) is 0 Å². The van der Waals surface area contributed by atoms with E-state index < -0.39 is 17.9 Å². The van der Waals surface area contributed by atoms with Crippen molar-refractivity contribution < 1.29 is 14.4 Å². The van der Waals surface area contributed by atoms with E-state index in [0.29, 0.717) is 11.4 Å². The molecule has 0 fully saturated rings. The van der Waals surface area contributed by atoms with E-state index in [1.807, 2.05) is 0 Å². The smallest absolute Gasteiger partial charge is 0.241 e. The van der Waals surface area contributed by atoms with E-state index >= 15 is 0 Å². The van der Waals surface area contributed by atoms with Crippen molar-refractivity contribution >= 4 is 29.1 Å². The second kappa shape index (κ2) is 6.50. The quantitative estimate of drug-likeness (QED) is 0.586. The predicted octanol–water partition coefficient (Wildman–Crippen LogP) is -0.214. The van der Waals surface area contributed by atoms with Gasteiger partial charge < -0.3 is 22.1 Å². The minimum Gasteiger partial charge on any atom is -0.370 e. The standard InChI is InChI=1S/C12H16N4O3/c1-7(17)15-8-2-4-9(5-3-8)16-12(19)10(13)6-11(14)18/h2-5,10H,6,13H2,1H3,(H2,14,18)(H,15,17)(H,16,19). The van der Waals surface area contributed by atoms with Crippen molar-refractivity contribution in [1.82, 2.24) is 0 Å². The van der Waals surface area contributed by atoms with Gasteiger partial charge >= 0.3 is 0 Å². The monoisotopic (exact) mass is 264 g/mol. The number of anilines is 2. The highest BCUT2D eigenvalue weighted by atomic mass is 16.2. The number of amides is 3. The normalized spacial score (nSPS) is 11.5. The van der Waals surface area contributed by atoms with Crippen molar-refractivity contribution in [3.05, 3.63) is 24.3 Å². The van der Waals surface area contributed by atoms with E-state index in [0.717, 1.165) is 0 Å². The molecule has 1 atom stereocenters. The van der Waals surface area contributed by atoms with Gasteiger partial charge in [-0.3, -0.25) is 14.4 Å². The summed E-state index contributed by atoms with van der Waals surface area (Å²) in [6.07, 6.45) is -0.212. The lowest BCUT2D eigenvalue weighted by molar-refractivity contribution is -0.123. The Hall–Kier alpha value is -2.41. The van der Waals surface area contributed by atoms with E-state index in [1.54, 1.807) is 24.3 Å². The van der Waals surface area contributed by atoms with Crippen molar-refractivity contribution in [2.75, 3.05) is 10.6 Å². The number of carbonyl (C=O) groups is 3. The molecule has 0 aliphatic rings. The first-order chi connectivity index (χ1) is 8.88. The van der Waals surface area contributed by atoms with Gasteiger partial charge in [-0.05, 0) is 24.3 Å². The molecule has 102 valence electrons. The first kappa shape index (κ1) is 14.7. The second-order valence-corrected chi connectivity index (χ2v) is 4.02. The van der Waals surface area contributed by atoms with Crippen LogP contribution in [0.4, 0.5) is 11.4 Å². The number of rotatable bonds is 5. The molecule has 7 heteroatoms. The van der Waals surface area contributed by atoms with Crippen LogP contribution < -0.4 is 22.1 Å². The van der Waals surface area contributed by atoms with Crippen LogP contribution in [0.3, 0.4) is 0 Å². The average Bonchev–Trinajstić information content (AvgIpc) is 2.30. The van der Waals surface area contributed by atoms with Gasteiger partial charge in [0.2, 0.25) is 17.7 Å². The summed E-state index contributed by atoms with van der Waals surface area (Å²) >= 11 is 0. The molecular weight excluding hydrogens is 248 g/mol. The Balaban J connectivity index is 2.60. The van der Waals surface area contributed by atoms with E-state index in [2.05, 4.69) is 10.6 Å². The zero-order chi connectivity index (χ0) is 14.4. The van der Waals surface area contributed by atoms with Gasteiger partial charge in [0, 0.05) is 18.3 Å². The summed E-state index contributed by atoms with van der Waals surface area (Å²) in [5.41, 5.74) is 11.6. The minimum absolute atomic E-state index is 0.180. The third kappa shape index (κ3) is 5.17. The average molecular weight is 264 g/mol. The number of hydrogen-bond donors (Lipinski definition) is 4. The Bertz CT molecular complexity index is 484. The summed E-state index contributed by atoms with van der Waals surface area (Å²) in [5, 5.41) is 5.14. The molecule has 0 saturated heterocycles. The van der Waals surface area contributed by atoms with Crippen molar-refractivity contribution in [1.29, 1.82) is 0 Å². The zero-order valence-electron chi connectivity index (χ0n) is 10.5. The SMILES string of the molecule is CC(=O)Nc1ccc(NC(=O)C(N)CC(N)=O)cc1. The Kier molecular flexibility index (Phi) is 5.01. The lowest BCUT2D eigenvalue weighted by Crippen LogP contribution is -2.38. The summed E-state index contributed by atoms with van der Waals surface area (Å²) in [6, 6.07) is 5.51. The van der Waals surface area contributed by atoms with Gasteiger partial charge in [-0.15, -0.1) is 0 Å². The number of primary amides is 1. The molecule has 0 heterocycles. The summed E-state index contributed by atoms with van der Waals surface area (Å²) in [7, 11) is 0. The maximum Gasteiger partial charge on any atom is 0.241 e. The summed E-state index contributed by atoms with van der Waals surface area (Å²) in [4.78, 5) is 33.1. The van der Waals surface area contributed by atoms with Crippen LogP contribution in [0.5, 0.6) is 0 Å². The summed E-state index contributed by atoms with van der Waals surface area (Å²) < 4.78 is 0. The van der Waals surface area contributed by atoms with Gasteiger partial charge in [0.1, 0.15) is 0 Å². The summed E-state index contributed by atoms with van der Waals surface area (Å²) in [6.45, 7) is 1.40. The van der Waals surface area contributed by atoms with Crippen LogP contribution in [0.25, 0.3) is 0 Å². The van der Waals surface area contributed by atoms with Crippen LogP contribution >= 0.6 is 0 Å². The molecule has 1 unspecified atom stereocenters.